The quantitative estimate of drug-likeness (QED) is 0.473. The SMILES string of the molecule is CCC(Oc1ccc(S(C)(=O)=O)cc1C(=O)N1CCN(c2ccc(C(F)(F)F)cc2F)CC1)C(F)(F)F. The number of alkyl halides is 6. The van der Waals surface area contributed by atoms with E-state index in [1.54, 1.807) is 0 Å². The number of ether oxygens (including phenoxy) is 1. The summed E-state index contributed by atoms with van der Waals surface area (Å²) in [4.78, 5) is 15.6. The maximum Gasteiger partial charge on any atom is 0.425 e. The first-order chi connectivity index (χ1) is 17.0. The van der Waals surface area contributed by atoms with E-state index in [2.05, 4.69) is 0 Å². The van der Waals surface area contributed by atoms with Gasteiger partial charge in [-0.3, -0.25) is 4.79 Å². The smallest absolute Gasteiger partial charge is 0.425 e. The van der Waals surface area contributed by atoms with Crippen LogP contribution in [0.5, 0.6) is 5.75 Å². The molecule has 0 saturated carbocycles. The van der Waals surface area contributed by atoms with Crippen LogP contribution in [0.1, 0.15) is 29.3 Å². The number of rotatable bonds is 6. The Morgan fingerprint density at radius 3 is 2.11 bits per heavy atom. The van der Waals surface area contributed by atoms with Gasteiger partial charge in [-0.15, -0.1) is 0 Å². The number of anilines is 1. The number of carbonyl (C=O) groups is 1. The third kappa shape index (κ3) is 6.65. The molecular weight excluding hydrogens is 533 g/mol. The Morgan fingerprint density at radius 2 is 1.62 bits per heavy atom. The van der Waals surface area contributed by atoms with Gasteiger partial charge in [-0.2, -0.15) is 26.3 Å². The molecule has 1 aliphatic heterocycles. The summed E-state index contributed by atoms with van der Waals surface area (Å²) in [6, 6.07) is 5.07. The molecule has 14 heteroatoms. The lowest BCUT2D eigenvalue weighted by atomic mass is 10.1. The van der Waals surface area contributed by atoms with Crippen molar-refractivity contribution in [2.75, 3.05) is 37.3 Å². The Morgan fingerprint density at radius 1 is 1.00 bits per heavy atom. The lowest BCUT2D eigenvalue weighted by Crippen LogP contribution is -2.49. The molecule has 1 aliphatic rings. The second-order valence-corrected chi connectivity index (χ2v) is 10.4. The van der Waals surface area contributed by atoms with E-state index in [0.29, 0.717) is 6.07 Å². The highest BCUT2D eigenvalue weighted by Crippen LogP contribution is 2.34. The van der Waals surface area contributed by atoms with Gasteiger partial charge in [0.1, 0.15) is 11.6 Å². The molecule has 1 fully saturated rings. The van der Waals surface area contributed by atoms with Crippen LogP contribution in [0, 0.1) is 5.82 Å². The van der Waals surface area contributed by atoms with Crippen molar-refractivity contribution in [3.63, 3.8) is 0 Å². The molecule has 6 nitrogen and oxygen atoms in total. The Kier molecular flexibility index (Phi) is 8.01. The van der Waals surface area contributed by atoms with E-state index < -0.39 is 57.8 Å². The van der Waals surface area contributed by atoms with Gasteiger partial charge in [0, 0.05) is 32.4 Å². The molecule has 0 aromatic heterocycles. The van der Waals surface area contributed by atoms with Crippen LogP contribution in [0.4, 0.5) is 36.4 Å². The summed E-state index contributed by atoms with van der Waals surface area (Å²) in [5.74, 6) is -2.34. The van der Waals surface area contributed by atoms with Gasteiger partial charge >= 0.3 is 12.4 Å². The number of halogens is 7. The third-order valence-electron chi connectivity index (χ3n) is 5.80. The fraction of sp³-hybridized carbons (Fsp3) is 0.435. The maximum absolute atomic E-state index is 14.4. The highest BCUT2D eigenvalue weighted by Gasteiger charge is 2.41. The van der Waals surface area contributed by atoms with Gasteiger partial charge in [0.2, 0.25) is 0 Å². The number of sulfone groups is 1. The first-order valence-electron chi connectivity index (χ1n) is 11.0. The number of benzene rings is 2. The van der Waals surface area contributed by atoms with Crippen molar-refractivity contribution >= 4 is 21.4 Å². The van der Waals surface area contributed by atoms with Crippen LogP contribution in [-0.4, -0.2) is 63.9 Å². The Hall–Kier alpha value is -3.03. The summed E-state index contributed by atoms with van der Waals surface area (Å²) in [5, 5.41) is 0. The molecule has 1 saturated heterocycles. The fourth-order valence-corrected chi connectivity index (χ4v) is 4.45. The van der Waals surface area contributed by atoms with Crippen LogP contribution in [-0.2, 0) is 16.0 Å². The number of piperazine rings is 1. The van der Waals surface area contributed by atoms with Crippen LogP contribution in [0.2, 0.25) is 0 Å². The lowest BCUT2D eigenvalue weighted by Gasteiger charge is -2.36. The Labute approximate surface area is 208 Å². The minimum absolute atomic E-state index is 0.0100. The molecule has 3 rings (SSSR count). The number of carbonyl (C=O) groups excluding carboxylic acids is 1. The van der Waals surface area contributed by atoms with E-state index in [9.17, 15) is 43.9 Å². The maximum atomic E-state index is 14.4. The average Bonchev–Trinajstić information content (AvgIpc) is 2.80. The van der Waals surface area contributed by atoms with Crippen molar-refractivity contribution in [1.29, 1.82) is 0 Å². The van der Waals surface area contributed by atoms with E-state index in [0.717, 1.165) is 36.6 Å². The lowest BCUT2D eigenvalue weighted by molar-refractivity contribution is -0.195. The molecule has 1 amide bonds. The highest BCUT2D eigenvalue weighted by molar-refractivity contribution is 7.90. The molecule has 204 valence electrons. The molecular formula is C23H23F7N2O4S. The first kappa shape index (κ1) is 28.5. The van der Waals surface area contributed by atoms with Gasteiger partial charge in [0.25, 0.3) is 5.91 Å². The molecule has 0 spiro atoms. The second kappa shape index (κ2) is 10.4. The van der Waals surface area contributed by atoms with Crippen LogP contribution < -0.4 is 9.64 Å². The first-order valence-corrected chi connectivity index (χ1v) is 12.9. The van der Waals surface area contributed by atoms with Gasteiger partial charge < -0.3 is 14.5 Å². The van der Waals surface area contributed by atoms with Crippen molar-refractivity contribution in [3.8, 4) is 5.75 Å². The standard InChI is InChI=1S/C23H23F7N2O4S/c1-3-20(23(28,29)30)36-19-7-5-15(37(2,34)35)13-16(19)21(33)32-10-8-31(9-11-32)18-6-4-14(12-17(18)24)22(25,26)27/h4-7,12-13,20H,3,8-11H2,1-2H3. The van der Waals surface area contributed by atoms with Gasteiger partial charge in [-0.25, -0.2) is 12.8 Å². The minimum Gasteiger partial charge on any atom is -0.480 e. The van der Waals surface area contributed by atoms with E-state index in [4.69, 9.17) is 4.74 Å². The summed E-state index contributed by atoms with van der Waals surface area (Å²) in [6.45, 7) is 1.15. The van der Waals surface area contributed by atoms with Crippen LogP contribution >= 0.6 is 0 Å². The Balaban J connectivity index is 1.84. The third-order valence-corrected chi connectivity index (χ3v) is 6.91. The van der Waals surface area contributed by atoms with E-state index in [-0.39, 0.29) is 42.3 Å². The average molecular weight is 557 g/mol. The molecule has 1 heterocycles. The molecule has 0 aliphatic carbocycles. The van der Waals surface area contributed by atoms with Gasteiger partial charge in [0.15, 0.2) is 15.9 Å². The minimum atomic E-state index is -4.73. The van der Waals surface area contributed by atoms with Crippen molar-refractivity contribution in [2.45, 2.75) is 36.7 Å². The van der Waals surface area contributed by atoms with Crippen molar-refractivity contribution in [2.24, 2.45) is 0 Å². The number of hydrogen-bond acceptors (Lipinski definition) is 5. The molecule has 2 aromatic carbocycles. The summed E-state index contributed by atoms with van der Waals surface area (Å²) in [5.41, 5.74) is -1.64. The largest absolute Gasteiger partial charge is 0.480 e. The van der Waals surface area contributed by atoms with E-state index in [1.165, 1.54) is 16.7 Å². The van der Waals surface area contributed by atoms with Crippen molar-refractivity contribution < 1.29 is 48.7 Å². The van der Waals surface area contributed by atoms with Crippen LogP contribution in [0.25, 0.3) is 0 Å². The molecule has 2 aromatic rings. The Bertz CT molecular complexity index is 1250. The molecule has 1 unspecified atom stereocenters. The summed E-state index contributed by atoms with van der Waals surface area (Å²) in [6.07, 6.45) is -11.3. The van der Waals surface area contributed by atoms with Crippen LogP contribution in [0.3, 0.4) is 0 Å². The zero-order valence-corrected chi connectivity index (χ0v) is 20.5. The zero-order valence-electron chi connectivity index (χ0n) is 19.7. The van der Waals surface area contributed by atoms with Crippen molar-refractivity contribution in [3.05, 3.63) is 53.3 Å². The number of amides is 1. The fourth-order valence-electron chi connectivity index (χ4n) is 3.80. The highest BCUT2D eigenvalue weighted by atomic mass is 32.2. The van der Waals surface area contributed by atoms with Gasteiger partial charge in [0.05, 0.1) is 21.7 Å². The van der Waals surface area contributed by atoms with E-state index >= 15 is 0 Å². The predicted octanol–water partition coefficient (Wildman–Crippen LogP) is 4.93. The van der Waals surface area contributed by atoms with Gasteiger partial charge in [-0.05, 0) is 42.8 Å². The van der Waals surface area contributed by atoms with Crippen molar-refractivity contribution in [1.82, 2.24) is 4.90 Å². The van der Waals surface area contributed by atoms with E-state index in [1.807, 2.05) is 0 Å². The zero-order chi connectivity index (χ0) is 27.8. The molecule has 1 atom stereocenters. The second-order valence-electron chi connectivity index (χ2n) is 8.43. The van der Waals surface area contributed by atoms with Gasteiger partial charge in [-0.1, -0.05) is 6.92 Å². The summed E-state index contributed by atoms with van der Waals surface area (Å²) < 4.78 is 122. The number of hydrogen-bond donors (Lipinski definition) is 0. The normalized spacial score (nSPS) is 16.0. The summed E-state index contributed by atoms with van der Waals surface area (Å²) in [7, 11) is -3.81. The monoisotopic (exact) mass is 556 g/mol. The molecule has 0 N–H and O–H groups in total. The molecule has 0 bridgehead atoms. The van der Waals surface area contributed by atoms with Crippen LogP contribution in [0.15, 0.2) is 41.3 Å². The molecule has 37 heavy (non-hydrogen) atoms. The predicted molar refractivity (Wildman–Crippen MR) is 120 cm³/mol. The molecule has 0 radical (unpaired) electrons. The number of nitrogens with zero attached hydrogens (tertiary/aromatic N) is 2. The topological polar surface area (TPSA) is 66.9 Å². The summed E-state index contributed by atoms with van der Waals surface area (Å²) >= 11 is 0.